The van der Waals surface area contributed by atoms with Gasteiger partial charge in [-0.05, 0) is 23.8 Å². The number of hydrogen-bond donors (Lipinski definition) is 1. The second-order valence-electron chi connectivity index (χ2n) is 2.79. The molecule has 1 aromatic heterocycles. The Morgan fingerprint density at radius 3 is 3.00 bits per heavy atom. The van der Waals surface area contributed by atoms with Gasteiger partial charge in [0.05, 0.1) is 0 Å². The van der Waals surface area contributed by atoms with Crippen LogP contribution in [0.1, 0.15) is 10.4 Å². The van der Waals surface area contributed by atoms with Crippen molar-refractivity contribution in [2.75, 3.05) is 6.26 Å². The van der Waals surface area contributed by atoms with Crippen LogP contribution in [-0.2, 0) is 0 Å². The Labute approximate surface area is 89.6 Å². The fraction of sp³-hybridized carbons (Fsp3) is 0.100. The summed E-state index contributed by atoms with van der Waals surface area (Å²) in [5.74, 6) is 0.246. The maximum absolute atomic E-state index is 10.9. The third kappa shape index (κ3) is 1.31. The van der Waals surface area contributed by atoms with E-state index >= 15 is 0 Å². The van der Waals surface area contributed by atoms with Crippen LogP contribution in [0.5, 0.6) is 5.75 Å². The van der Waals surface area contributed by atoms with Crippen LogP contribution in [-0.4, -0.2) is 17.6 Å². The van der Waals surface area contributed by atoms with Crippen LogP contribution in [0.15, 0.2) is 22.4 Å². The maximum atomic E-state index is 10.9. The molecule has 14 heavy (non-hydrogen) atoms. The van der Waals surface area contributed by atoms with Gasteiger partial charge in [-0.1, -0.05) is 0 Å². The Hall–Kier alpha value is -1.00. The van der Waals surface area contributed by atoms with Crippen LogP contribution in [0.4, 0.5) is 0 Å². The second kappa shape index (κ2) is 3.63. The zero-order valence-corrected chi connectivity index (χ0v) is 9.11. The van der Waals surface area contributed by atoms with Gasteiger partial charge in [-0.15, -0.1) is 23.1 Å². The van der Waals surface area contributed by atoms with Crippen LogP contribution >= 0.6 is 23.1 Å². The largest absolute Gasteiger partial charge is 0.507 e. The van der Waals surface area contributed by atoms with E-state index in [4.69, 9.17) is 0 Å². The van der Waals surface area contributed by atoms with E-state index in [-0.39, 0.29) is 5.75 Å². The SMILES string of the molecule is CSc1cc(O)c2ccsc2c1C=O. The first kappa shape index (κ1) is 9.55. The highest BCUT2D eigenvalue weighted by molar-refractivity contribution is 7.98. The number of phenolic OH excluding ortho intramolecular Hbond substituents is 1. The fourth-order valence-electron chi connectivity index (χ4n) is 1.39. The second-order valence-corrected chi connectivity index (χ2v) is 4.56. The van der Waals surface area contributed by atoms with Gasteiger partial charge in [0.2, 0.25) is 0 Å². The summed E-state index contributed by atoms with van der Waals surface area (Å²) in [6.45, 7) is 0. The van der Waals surface area contributed by atoms with Gasteiger partial charge in [0.1, 0.15) is 5.75 Å². The quantitative estimate of drug-likeness (QED) is 0.629. The predicted molar refractivity (Wildman–Crippen MR) is 60.7 cm³/mol. The van der Waals surface area contributed by atoms with Gasteiger partial charge in [0.15, 0.2) is 6.29 Å². The summed E-state index contributed by atoms with van der Waals surface area (Å²) >= 11 is 2.95. The van der Waals surface area contributed by atoms with Crippen molar-refractivity contribution in [3.8, 4) is 5.75 Å². The van der Waals surface area contributed by atoms with Crippen LogP contribution in [0.2, 0.25) is 0 Å². The highest BCUT2D eigenvalue weighted by Gasteiger charge is 2.11. The van der Waals surface area contributed by atoms with Gasteiger partial charge >= 0.3 is 0 Å². The zero-order valence-electron chi connectivity index (χ0n) is 7.48. The molecule has 0 unspecified atom stereocenters. The molecule has 1 aromatic carbocycles. The van der Waals surface area contributed by atoms with Crippen molar-refractivity contribution in [1.82, 2.24) is 0 Å². The summed E-state index contributed by atoms with van der Waals surface area (Å²) in [5.41, 5.74) is 0.681. The molecular formula is C10H8O2S2. The zero-order chi connectivity index (χ0) is 10.1. The lowest BCUT2D eigenvalue weighted by Crippen LogP contribution is -1.85. The van der Waals surface area contributed by atoms with Crippen LogP contribution in [0, 0.1) is 0 Å². The standard InChI is InChI=1S/C10H8O2S2/c1-13-9-4-8(12)6-2-3-14-10(6)7(9)5-11/h2-5,12H,1H3. The molecule has 4 heteroatoms. The van der Waals surface area contributed by atoms with E-state index in [0.717, 1.165) is 21.3 Å². The van der Waals surface area contributed by atoms with Crippen molar-refractivity contribution >= 4 is 39.5 Å². The predicted octanol–water partition coefficient (Wildman–Crippen LogP) is 3.14. The van der Waals surface area contributed by atoms with E-state index in [1.807, 2.05) is 17.7 Å². The number of aldehydes is 1. The van der Waals surface area contributed by atoms with Crippen molar-refractivity contribution in [3.05, 3.63) is 23.1 Å². The fourth-order valence-corrected chi connectivity index (χ4v) is 2.98. The van der Waals surface area contributed by atoms with E-state index in [9.17, 15) is 9.90 Å². The molecule has 0 saturated carbocycles. The average molecular weight is 224 g/mol. The van der Waals surface area contributed by atoms with Gasteiger partial charge in [-0.3, -0.25) is 4.79 Å². The minimum absolute atomic E-state index is 0.246. The summed E-state index contributed by atoms with van der Waals surface area (Å²) < 4.78 is 0.865. The number of thioether (sulfide) groups is 1. The van der Waals surface area contributed by atoms with Gasteiger partial charge in [0.25, 0.3) is 0 Å². The lowest BCUT2D eigenvalue weighted by molar-refractivity contribution is 0.112. The lowest BCUT2D eigenvalue weighted by Gasteiger charge is -2.04. The third-order valence-electron chi connectivity index (χ3n) is 2.06. The molecule has 0 atom stereocenters. The third-order valence-corrected chi connectivity index (χ3v) is 3.78. The molecule has 2 rings (SSSR count). The molecule has 0 aliphatic heterocycles. The molecule has 0 amide bonds. The number of benzene rings is 1. The summed E-state index contributed by atoms with van der Waals surface area (Å²) in [6.07, 6.45) is 2.74. The molecule has 0 aliphatic carbocycles. The molecule has 0 aliphatic rings. The number of aromatic hydroxyl groups is 1. The number of hydrogen-bond acceptors (Lipinski definition) is 4. The lowest BCUT2D eigenvalue weighted by atomic mass is 10.1. The monoisotopic (exact) mass is 224 g/mol. The average Bonchev–Trinajstić information content (AvgIpc) is 2.66. The summed E-state index contributed by atoms with van der Waals surface area (Å²) in [5, 5.41) is 12.3. The van der Waals surface area contributed by atoms with Crippen LogP contribution in [0.25, 0.3) is 10.1 Å². The topological polar surface area (TPSA) is 37.3 Å². The molecular weight excluding hydrogens is 216 g/mol. The molecule has 2 nitrogen and oxygen atoms in total. The van der Waals surface area contributed by atoms with E-state index in [1.165, 1.54) is 23.1 Å². The first-order valence-electron chi connectivity index (χ1n) is 4.00. The highest BCUT2D eigenvalue weighted by Crippen LogP contribution is 2.36. The number of carbonyl (C=O) groups excluding carboxylic acids is 1. The number of thiophene rings is 1. The van der Waals surface area contributed by atoms with Crippen molar-refractivity contribution in [1.29, 1.82) is 0 Å². The van der Waals surface area contributed by atoms with E-state index < -0.39 is 0 Å². The Kier molecular flexibility index (Phi) is 2.48. The molecule has 2 aromatic rings. The number of carbonyl (C=O) groups is 1. The van der Waals surface area contributed by atoms with Crippen LogP contribution in [0.3, 0.4) is 0 Å². The number of phenols is 1. The van der Waals surface area contributed by atoms with Gasteiger partial charge in [-0.2, -0.15) is 0 Å². The Balaban J connectivity index is 2.88. The van der Waals surface area contributed by atoms with Gasteiger partial charge in [-0.25, -0.2) is 0 Å². The van der Waals surface area contributed by atoms with Crippen molar-refractivity contribution in [2.45, 2.75) is 4.90 Å². The molecule has 1 N–H and O–H groups in total. The molecule has 0 spiro atoms. The van der Waals surface area contributed by atoms with Crippen molar-refractivity contribution in [3.63, 3.8) is 0 Å². The summed E-state index contributed by atoms with van der Waals surface area (Å²) in [6, 6.07) is 3.47. The minimum atomic E-state index is 0.246. The first-order chi connectivity index (χ1) is 6.77. The minimum Gasteiger partial charge on any atom is -0.507 e. The maximum Gasteiger partial charge on any atom is 0.152 e. The van der Waals surface area contributed by atoms with E-state index in [0.29, 0.717) is 5.56 Å². The Bertz CT molecular complexity index is 488. The molecule has 0 saturated heterocycles. The summed E-state index contributed by atoms with van der Waals surface area (Å²) in [4.78, 5) is 11.7. The number of fused-ring (bicyclic) bond motifs is 1. The molecule has 1 heterocycles. The molecule has 0 fully saturated rings. The van der Waals surface area contributed by atoms with E-state index in [2.05, 4.69) is 0 Å². The molecule has 72 valence electrons. The van der Waals surface area contributed by atoms with Crippen LogP contribution < -0.4 is 0 Å². The van der Waals surface area contributed by atoms with Gasteiger partial charge in [0, 0.05) is 20.5 Å². The highest BCUT2D eigenvalue weighted by atomic mass is 32.2. The van der Waals surface area contributed by atoms with Gasteiger partial charge < -0.3 is 5.11 Å². The smallest absolute Gasteiger partial charge is 0.152 e. The normalized spacial score (nSPS) is 10.6. The Morgan fingerprint density at radius 2 is 2.36 bits per heavy atom. The number of rotatable bonds is 2. The van der Waals surface area contributed by atoms with Crippen molar-refractivity contribution in [2.24, 2.45) is 0 Å². The first-order valence-corrected chi connectivity index (χ1v) is 6.10. The summed E-state index contributed by atoms with van der Waals surface area (Å²) in [7, 11) is 0. The molecule has 0 bridgehead atoms. The molecule has 0 radical (unpaired) electrons. The Morgan fingerprint density at radius 1 is 1.57 bits per heavy atom. The van der Waals surface area contributed by atoms with Crippen molar-refractivity contribution < 1.29 is 9.90 Å². The van der Waals surface area contributed by atoms with E-state index in [1.54, 1.807) is 6.07 Å².